The monoisotopic (exact) mass is 905 g/mol. The maximum absolute atomic E-state index is 15.9. The van der Waals surface area contributed by atoms with E-state index in [4.69, 9.17) is 29.0 Å². The highest BCUT2D eigenvalue weighted by Gasteiger charge is 2.35. The zero-order valence-electron chi connectivity index (χ0n) is 36.1. The Morgan fingerprint density at radius 2 is 1.36 bits per heavy atom. The number of hydrogen-bond donors (Lipinski definition) is 2. The topological polar surface area (TPSA) is 197 Å². The van der Waals surface area contributed by atoms with Crippen molar-refractivity contribution >= 4 is 48.8 Å². The zero-order valence-corrected chi connectivity index (χ0v) is 37.7. The lowest BCUT2D eigenvalue weighted by atomic mass is 9.94. The molecule has 0 saturated carbocycles. The first kappa shape index (κ1) is 45.1. The first-order chi connectivity index (χ1) is 30.6. The molecule has 0 bridgehead atoms. The molecular formula is C46H47N7O9S2. The van der Waals surface area contributed by atoms with Crippen LogP contribution in [-0.2, 0) is 45.6 Å². The van der Waals surface area contributed by atoms with Crippen LogP contribution in [0.1, 0.15) is 49.4 Å². The van der Waals surface area contributed by atoms with E-state index < -0.39 is 27.7 Å². The van der Waals surface area contributed by atoms with Gasteiger partial charge in [0.15, 0.2) is 5.13 Å². The Morgan fingerprint density at radius 3 is 1.91 bits per heavy atom. The van der Waals surface area contributed by atoms with E-state index in [0.29, 0.717) is 49.7 Å². The van der Waals surface area contributed by atoms with Crippen molar-refractivity contribution in [1.29, 1.82) is 0 Å². The van der Waals surface area contributed by atoms with Crippen LogP contribution in [0.4, 0.5) is 9.93 Å². The van der Waals surface area contributed by atoms with Gasteiger partial charge in [-0.15, -0.1) is 10.2 Å². The molecule has 0 aliphatic carbocycles. The Morgan fingerprint density at radius 1 is 0.781 bits per heavy atom. The summed E-state index contributed by atoms with van der Waals surface area (Å²) in [7, 11) is 0.0771. The summed E-state index contributed by atoms with van der Waals surface area (Å²) in [6.07, 6.45) is -1.19. The molecule has 2 N–H and O–H groups in total. The van der Waals surface area contributed by atoms with Gasteiger partial charge in [0.05, 0.1) is 48.5 Å². The summed E-state index contributed by atoms with van der Waals surface area (Å²) in [5, 5.41) is 26.5. The van der Waals surface area contributed by atoms with Crippen molar-refractivity contribution in [2.24, 2.45) is 0 Å². The minimum atomic E-state index is -4.60. The van der Waals surface area contributed by atoms with Crippen molar-refractivity contribution in [3.05, 3.63) is 125 Å². The summed E-state index contributed by atoms with van der Waals surface area (Å²) >= 11 is 1.22. The Bertz CT molecular complexity index is 2830. The molecule has 0 fully saturated rings. The van der Waals surface area contributed by atoms with Gasteiger partial charge < -0.3 is 24.1 Å². The first-order valence-electron chi connectivity index (χ1n) is 20.1. The third-order valence-electron chi connectivity index (χ3n) is 9.96. The number of benzene rings is 5. The molecule has 0 unspecified atom stereocenters. The molecule has 7 rings (SSSR count). The number of carbonyl (C=O) groups is 2. The molecule has 0 spiro atoms. The fourth-order valence-electron chi connectivity index (χ4n) is 6.94. The number of nitrogens with one attached hydrogen (secondary N) is 1. The molecule has 64 heavy (non-hydrogen) atoms. The van der Waals surface area contributed by atoms with E-state index >= 15 is 8.42 Å². The number of tetrazole rings is 1. The van der Waals surface area contributed by atoms with Crippen molar-refractivity contribution in [3.63, 3.8) is 0 Å². The van der Waals surface area contributed by atoms with Gasteiger partial charge in [0.2, 0.25) is 15.8 Å². The van der Waals surface area contributed by atoms with Crippen LogP contribution in [-0.4, -0.2) is 82.0 Å². The van der Waals surface area contributed by atoms with Crippen LogP contribution in [0.3, 0.4) is 0 Å². The number of rotatable bonds is 17. The van der Waals surface area contributed by atoms with Gasteiger partial charge in [0, 0.05) is 25.1 Å². The van der Waals surface area contributed by atoms with E-state index in [2.05, 4.69) is 15.6 Å². The molecular weight excluding hydrogens is 859 g/mol. The summed E-state index contributed by atoms with van der Waals surface area (Å²) in [4.78, 5) is 30.9. The van der Waals surface area contributed by atoms with E-state index in [0.717, 1.165) is 5.56 Å². The Balaban J connectivity index is 1.45. The first-order valence-corrected chi connectivity index (χ1v) is 22.3. The van der Waals surface area contributed by atoms with Gasteiger partial charge in [-0.1, -0.05) is 72.0 Å². The molecule has 0 aliphatic rings. The van der Waals surface area contributed by atoms with Crippen LogP contribution in [0.25, 0.3) is 32.7 Å². The number of aliphatic carboxylic acids is 1. The highest BCUT2D eigenvalue weighted by Crippen LogP contribution is 2.43. The van der Waals surface area contributed by atoms with Gasteiger partial charge >= 0.3 is 12.1 Å². The Labute approximate surface area is 374 Å². The van der Waals surface area contributed by atoms with E-state index in [1.165, 1.54) is 20.4 Å². The largest absolute Gasteiger partial charge is 0.497 e. The van der Waals surface area contributed by atoms with Crippen molar-refractivity contribution in [3.8, 4) is 39.8 Å². The number of methoxy groups -OCH3 is 3. The minimum Gasteiger partial charge on any atom is -0.497 e. The third kappa shape index (κ3) is 10.6. The van der Waals surface area contributed by atoms with Gasteiger partial charge in [0.1, 0.15) is 22.8 Å². The summed E-state index contributed by atoms with van der Waals surface area (Å²) in [6, 6.07) is 30.3. The van der Waals surface area contributed by atoms with E-state index in [1.807, 2.05) is 30.3 Å². The van der Waals surface area contributed by atoms with E-state index in [9.17, 15) is 14.7 Å². The number of nitrogens with zero attached hydrogens (tertiary/aromatic N) is 6. The molecule has 0 atom stereocenters. The molecule has 7 aromatic rings. The summed E-state index contributed by atoms with van der Waals surface area (Å²) in [6.45, 7) is 5.32. The highest BCUT2D eigenvalue weighted by molar-refractivity contribution is 7.89. The zero-order chi connectivity index (χ0) is 45.6. The number of aromatic nitrogens is 5. The quantitative estimate of drug-likeness (QED) is 0.0884. The fourth-order valence-corrected chi connectivity index (χ4v) is 9.68. The van der Waals surface area contributed by atoms with Gasteiger partial charge in [-0.25, -0.2) is 18.2 Å². The molecule has 2 aromatic heterocycles. The van der Waals surface area contributed by atoms with Crippen LogP contribution < -0.4 is 19.5 Å². The number of hydrogen-bond acceptors (Lipinski definition) is 13. The average Bonchev–Trinajstić information content (AvgIpc) is 3.91. The molecule has 2 heterocycles. The van der Waals surface area contributed by atoms with Gasteiger partial charge in [-0.3, -0.25) is 10.1 Å². The average molecular weight is 906 g/mol. The van der Waals surface area contributed by atoms with Crippen LogP contribution in [0.15, 0.2) is 108 Å². The lowest BCUT2D eigenvalue weighted by Gasteiger charge is -2.26. The summed E-state index contributed by atoms with van der Waals surface area (Å²) < 4.78 is 55.3. The van der Waals surface area contributed by atoms with Gasteiger partial charge in [-0.2, -0.15) is 9.10 Å². The molecule has 18 heteroatoms. The third-order valence-corrected chi connectivity index (χ3v) is 12.8. The van der Waals surface area contributed by atoms with Crippen LogP contribution in [0.5, 0.6) is 17.2 Å². The number of para-hydroxylation sites is 1. The number of sulfonamides is 1. The van der Waals surface area contributed by atoms with Crippen LogP contribution in [0.2, 0.25) is 0 Å². The van der Waals surface area contributed by atoms with E-state index in [1.54, 1.807) is 115 Å². The number of thiazole rings is 1. The Kier molecular flexibility index (Phi) is 13.6. The number of ether oxygens (including phenoxy) is 4. The van der Waals surface area contributed by atoms with Gasteiger partial charge in [-0.05, 0) is 103 Å². The van der Waals surface area contributed by atoms with Crippen molar-refractivity contribution in [1.82, 2.24) is 29.5 Å². The SMILES string of the molecule is COc1ccc(CN(Cc2ccc(OC)cc2)S(=O)(=O)c2c(CCC(=O)O)ccc(-c3cccc4sc(NC(=O)OC(C)(C)C)nc34)c2-c2nnn(Cc3ccc(OC)cc3)n2)cc1. The lowest BCUT2D eigenvalue weighted by molar-refractivity contribution is -0.137. The summed E-state index contributed by atoms with van der Waals surface area (Å²) in [5.41, 5.74) is 3.10. The lowest BCUT2D eigenvalue weighted by Crippen LogP contribution is -2.31. The fraction of sp³-hybridized carbons (Fsp3) is 0.261. The predicted molar refractivity (Wildman–Crippen MR) is 242 cm³/mol. The molecule has 5 aromatic carbocycles. The minimum absolute atomic E-state index is 0.0209. The smallest absolute Gasteiger partial charge is 0.413 e. The number of anilines is 1. The second kappa shape index (κ2) is 19.2. The number of amides is 1. The van der Waals surface area contributed by atoms with Crippen molar-refractivity contribution in [2.75, 3.05) is 26.6 Å². The number of aryl methyl sites for hydroxylation is 1. The normalized spacial score (nSPS) is 11.7. The second-order valence-electron chi connectivity index (χ2n) is 15.6. The second-order valence-corrected chi connectivity index (χ2v) is 18.5. The van der Waals surface area contributed by atoms with Crippen LogP contribution >= 0.6 is 11.3 Å². The van der Waals surface area contributed by atoms with Gasteiger partial charge in [0.25, 0.3) is 0 Å². The van der Waals surface area contributed by atoms with Crippen molar-refractivity contribution < 1.29 is 42.1 Å². The maximum atomic E-state index is 15.9. The molecule has 332 valence electrons. The number of carbonyl (C=O) groups excluding carboxylic acids is 1. The standard InChI is InChI=1S/C46H47N7O9S2/c1-46(2,3)62-45(56)48-44-47-41-37(8-7-9-38(41)63-44)36-24-16-32(17-25-39(54)55)42(40(36)43-49-51-53(50-43)28-31-14-22-35(61-6)23-15-31)64(57,58)52(26-29-10-18-33(59-4)19-11-29)27-30-12-20-34(60-5)21-13-30/h7-16,18-24H,17,25-28H2,1-6H3,(H,54,55)(H,47,48,56). The summed E-state index contributed by atoms with van der Waals surface area (Å²) in [5.74, 6) is 0.742. The maximum Gasteiger partial charge on any atom is 0.413 e. The molecule has 0 radical (unpaired) electrons. The number of fused-ring (bicyclic) bond motifs is 1. The number of carboxylic acid groups (broad SMARTS) is 1. The van der Waals surface area contributed by atoms with Crippen LogP contribution in [0, 0.1) is 0 Å². The molecule has 16 nitrogen and oxygen atoms in total. The predicted octanol–water partition coefficient (Wildman–Crippen LogP) is 8.45. The highest BCUT2D eigenvalue weighted by atomic mass is 32.2. The molecule has 0 saturated heterocycles. The van der Waals surface area contributed by atoms with E-state index in [-0.39, 0.29) is 59.5 Å². The number of carboxylic acids is 1. The molecule has 1 amide bonds. The van der Waals surface area contributed by atoms with Crippen molar-refractivity contribution in [2.45, 2.75) is 63.7 Å². The Hall–Kier alpha value is -6.89. The molecule has 0 aliphatic heterocycles.